The largest absolute Gasteiger partial charge is 0.340 e. The van der Waals surface area contributed by atoms with Gasteiger partial charge in [-0.15, -0.1) is 0 Å². The van der Waals surface area contributed by atoms with Crippen molar-refractivity contribution in [2.24, 2.45) is 0 Å². The standard InChI is InChI=1S/C15H22N4O5S/c1-12-3-4-13(19(21)22)11-14(12)25(23,24)18-9-7-17(8-10-18)15(20)5-6-16-2/h3-4,11,16H,5-10H2,1-2H3. The second kappa shape index (κ2) is 7.89. The van der Waals surface area contributed by atoms with Gasteiger partial charge in [-0.25, -0.2) is 8.42 Å². The minimum atomic E-state index is -3.84. The number of benzene rings is 1. The summed E-state index contributed by atoms with van der Waals surface area (Å²) in [6, 6.07) is 3.81. The maximum absolute atomic E-state index is 12.8. The van der Waals surface area contributed by atoms with Gasteiger partial charge in [-0.3, -0.25) is 14.9 Å². The lowest BCUT2D eigenvalue weighted by Crippen LogP contribution is -2.50. The Morgan fingerprint density at radius 3 is 2.48 bits per heavy atom. The van der Waals surface area contributed by atoms with Gasteiger partial charge in [0.2, 0.25) is 15.9 Å². The fourth-order valence-electron chi connectivity index (χ4n) is 2.69. The van der Waals surface area contributed by atoms with Crippen LogP contribution in [-0.4, -0.2) is 68.2 Å². The summed E-state index contributed by atoms with van der Waals surface area (Å²) in [4.78, 5) is 23.9. The number of carbonyl (C=O) groups is 1. The molecule has 9 nitrogen and oxygen atoms in total. The molecule has 0 unspecified atom stereocenters. The van der Waals surface area contributed by atoms with Crippen molar-refractivity contribution in [3.8, 4) is 0 Å². The van der Waals surface area contributed by atoms with Crippen molar-refractivity contribution in [1.29, 1.82) is 0 Å². The summed E-state index contributed by atoms with van der Waals surface area (Å²) in [5.41, 5.74) is 0.197. The Labute approximate surface area is 146 Å². The van der Waals surface area contributed by atoms with Gasteiger partial charge in [0.15, 0.2) is 0 Å². The summed E-state index contributed by atoms with van der Waals surface area (Å²) in [6.45, 7) is 3.16. The summed E-state index contributed by atoms with van der Waals surface area (Å²) in [7, 11) is -2.07. The van der Waals surface area contributed by atoms with Crippen LogP contribution in [0.3, 0.4) is 0 Å². The average molecular weight is 370 g/mol. The molecule has 0 bridgehead atoms. The smallest absolute Gasteiger partial charge is 0.270 e. The summed E-state index contributed by atoms with van der Waals surface area (Å²) in [6.07, 6.45) is 0.368. The zero-order chi connectivity index (χ0) is 18.6. The first-order chi connectivity index (χ1) is 11.8. The van der Waals surface area contributed by atoms with Crippen LogP contribution in [0, 0.1) is 17.0 Å². The molecule has 0 saturated carbocycles. The van der Waals surface area contributed by atoms with E-state index in [1.165, 1.54) is 16.4 Å². The molecule has 2 rings (SSSR count). The van der Waals surface area contributed by atoms with E-state index in [1.807, 2.05) is 0 Å². The third-order valence-corrected chi connectivity index (χ3v) is 6.22. The van der Waals surface area contributed by atoms with E-state index in [9.17, 15) is 23.3 Å². The van der Waals surface area contributed by atoms with Crippen LogP contribution in [0.4, 0.5) is 5.69 Å². The van der Waals surface area contributed by atoms with Crippen LogP contribution < -0.4 is 5.32 Å². The van der Waals surface area contributed by atoms with Gasteiger partial charge in [-0.05, 0) is 19.5 Å². The monoisotopic (exact) mass is 370 g/mol. The summed E-state index contributed by atoms with van der Waals surface area (Å²) in [5.74, 6) is -0.0158. The van der Waals surface area contributed by atoms with Gasteiger partial charge in [0.25, 0.3) is 5.69 Å². The van der Waals surface area contributed by atoms with Gasteiger partial charge in [0.05, 0.1) is 9.82 Å². The van der Waals surface area contributed by atoms with Crippen LogP contribution in [0.15, 0.2) is 23.1 Å². The van der Waals surface area contributed by atoms with Crippen LogP contribution in [0.25, 0.3) is 0 Å². The summed E-state index contributed by atoms with van der Waals surface area (Å²) >= 11 is 0. The van der Waals surface area contributed by atoms with Crippen molar-refractivity contribution >= 4 is 21.6 Å². The minimum Gasteiger partial charge on any atom is -0.340 e. The Kier molecular flexibility index (Phi) is 6.09. The number of hydrogen-bond donors (Lipinski definition) is 1. The van der Waals surface area contributed by atoms with Crippen molar-refractivity contribution in [2.45, 2.75) is 18.2 Å². The van der Waals surface area contributed by atoms with Crippen molar-refractivity contribution in [2.75, 3.05) is 39.8 Å². The first kappa shape index (κ1) is 19.3. The van der Waals surface area contributed by atoms with Gasteiger partial charge in [0.1, 0.15) is 0 Å². The SMILES string of the molecule is CNCCC(=O)N1CCN(S(=O)(=O)c2cc([N+](=O)[O-])ccc2C)CC1. The highest BCUT2D eigenvalue weighted by Crippen LogP contribution is 2.25. The fourth-order valence-corrected chi connectivity index (χ4v) is 4.35. The maximum Gasteiger partial charge on any atom is 0.270 e. The molecular formula is C15H22N4O5S. The summed E-state index contributed by atoms with van der Waals surface area (Å²) < 4.78 is 26.9. The zero-order valence-corrected chi connectivity index (χ0v) is 15.1. The van der Waals surface area contributed by atoms with Crippen LogP contribution in [0.2, 0.25) is 0 Å². The number of carbonyl (C=O) groups excluding carboxylic acids is 1. The van der Waals surface area contributed by atoms with Crippen molar-refractivity contribution < 1.29 is 18.1 Å². The van der Waals surface area contributed by atoms with Crippen LogP contribution in [0.1, 0.15) is 12.0 Å². The molecule has 0 radical (unpaired) electrons. The van der Waals surface area contributed by atoms with Crippen molar-refractivity contribution in [3.05, 3.63) is 33.9 Å². The van der Waals surface area contributed by atoms with Gasteiger partial charge in [-0.1, -0.05) is 6.07 Å². The summed E-state index contributed by atoms with van der Waals surface area (Å²) in [5, 5.41) is 13.8. The second-order valence-electron chi connectivity index (χ2n) is 5.85. The maximum atomic E-state index is 12.8. The predicted octanol–water partition coefficient (Wildman–Crippen LogP) is 0.346. The van der Waals surface area contributed by atoms with E-state index in [1.54, 1.807) is 18.9 Å². The molecule has 1 fully saturated rings. The molecule has 1 aromatic rings. The number of nitro groups is 1. The first-order valence-corrected chi connectivity index (χ1v) is 9.39. The van der Waals surface area contributed by atoms with E-state index in [-0.39, 0.29) is 29.6 Å². The molecule has 1 saturated heterocycles. The van der Waals surface area contributed by atoms with Crippen LogP contribution >= 0.6 is 0 Å². The zero-order valence-electron chi connectivity index (χ0n) is 14.3. The lowest BCUT2D eigenvalue weighted by atomic mass is 10.2. The number of amides is 1. The molecule has 1 aromatic carbocycles. The van der Waals surface area contributed by atoms with Crippen LogP contribution in [-0.2, 0) is 14.8 Å². The second-order valence-corrected chi connectivity index (χ2v) is 7.75. The van der Waals surface area contributed by atoms with Crippen molar-refractivity contribution in [1.82, 2.24) is 14.5 Å². The van der Waals surface area contributed by atoms with E-state index in [4.69, 9.17) is 0 Å². The number of nitrogens with zero attached hydrogens (tertiary/aromatic N) is 3. The third kappa shape index (κ3) is 4.33. The molecule has 0 aliphatic carbocycles. The molecular weight excluding hydrogens is 348 g/mol. The quantitative estimate of drug-likeness (QED) is 0.571. The Morgan fingerprint density at radius 2 is 1.92 bits per heavy atom. The number of piperazine rings is 1. The molecule has 1 heterocycles. The lowest BCUT2D eigenvalue weighted by molar-refractivity contribution is -0.385. The number of rotatable bonds is 6. The number of aryl methyl sites for hydroxylation is 1. The van der Waals surface area contributed by atoms with E-state index in [0.29, 0.717) is 31.6 Å². The minimum absolute atomic E-state index is 0.0158. The normalized spacial score (nSPS) is 16.0. The molecule has 0 spiro atoms. The number of nitrogens with one attached hydrogen (secondary N) is 1. The fraction of sp³-hybridized carbons (Fsp3) is 0.533. The molecule has 1 N–H and O–H groups in total. The van der Waals surface area contributed by atoms with Gasteiger partial charge < -0.3 is 10.2 Å². The molecule has 0 atom stereocenters. The number of non-ortho nitro benzene ring substituents is 1. The van der Waals surface area contributed by atoms with E-state index >= 15 is 0 Å². The Bertz CT molecular complexity index is 757. The lowest BCUT2D eigenvalue weighted by Gasteiger charge is -2.34. The number of hydrogen-bond acceptors (Lipinski definition) is 6. The van der Waals surface area contributed by atoms with Gasteiger partial charge in [-0.2, -0.15) is 4.31 Å². The molecule has 10 heteroatoms. The predicted molar refractivity (Wildman–Crippen MR) is 91.7 cm³/mol. The molecule has 1 aliphatic rings. The highest BCUT2D eigenvalue weighted by Gasteiger charge is 2.31. The first-order valence-electron chi connectivity index (χ1n) is 7.95. The van der Waals surface area contributed by atoms with Crippen molar-refractivity contribution in [3.63, 3.8) is 0 Å². The van der Waals surface area contributed by atoms with Gasteiger partial charge in [0, 0.05) is 51.3 Å². The van der Waals surface area contributed by atoms with E-state index in [2.05, 4.69) is 5.32 Å². The van der Waals surface area contributed by atoms with E-state index < -0.39 is 14.9 Å². The molecule has 1 amide bonds. The molecule has 25 heavy (non-hydrogen) atoms. The molecule has 1 aliphatic heterocycles. The number of sulfonamides is 1. The van der Waals surface area contributed by atoms with Gasteiger partial charge >= 0.3 is 0 Å². The third-order valence-electron chi connectivity index (χ3n) is 4.18. The Hall–Kier alpha value is -2.04. The van der Waals surface area contributed by atoms with Crippen LogP contribution in [0.5, 0.6) is 0 Å². The molecule has 0 aromatic heterocycles. The number of nitro benzene ring substituents is 1. The topological polar surface area (TPSA) is 113 Å². The van der Waals surface area contributed by atoms with E-state index in [0.717, 1.165) is 6.07 Å². The highest BCUT2D eigenvalue weighted by molar-refractivity contribution is 7.89. The molecule has 138 valence electrons. The Morgan fingerprint density at radius 1 is 1.28 bits per heavy atom. The Balaban J connectivity index is 2.13. The average Bonchev–Trinajstić information content (AvgIpc) is 2.59. The highest BCUT2D eigenvalue weighted by atomic mass is 32.2.